The average molecular weight is 246 g/mol. The van der Waals surface area contributed by atoms with Gasteiger partial charge in [-0.05, 0) is 26.0 Å². The number of benzene rings is 1. The Morgan fingerprint density at radius 1 is 1.44 bits per heavy atom. The molecule has 1 aliphatic rings. The fourth-order valence-electron chi connectivity index (χ4n) is 1.57. The van der Waals surface area contributed by atoms with Crippen molar-refractivity contribution in [2.24, 2.45) is 0 Å². The Kier molecular flexibility index (Phi) is 3.11. The fourth-order valence-corrected chi connectivity index (χ4v) is 1.57. The lowest BCUT2D eigenvalue weighted by Gasteiger charge is -2.27. The number of carbonyl (C=O) groups excluding carboxylic acids is 1. The summed E-state index contributed by atoms with van der Waals surface area (Å²) in [5, 5.41) is 11.5. The second kappa shape index (κ2) is 4.57. The largest absolute Gasteiger partial charge is 0.485 e. The molecule has 0 aromatic heterocycles. The molecule has 1 aromatic carbocycles. The molecular weight excluding hydrogens is 232 g/mol. The van der Waals surface area contributed by atoms with Crippen molar-refractivity contribution < 1.29 is 14.3 Å². The Morgan fingerprint density at radius 2 is 2.11 bits per heavy atom. The number of hydrogen-bond acceptors (Lipinski definition) is 4. The molecule has 5 heteroatoms. The maximum Gasteiger partial charge on any atom is 0.265 e. The van der Waals surface area contributed by atoms with Crippen LogP contribution in [0.4, 0.5) is 0 Å². The first kappa shape index (κ1) is 12.2. The highest BCUT2D eigenvalue weighted by Gasteiger charge is 2.30. The van der Waals surface area contributed by atoms with Crippen molar-refractivity contribution in [2.45, 2.75) is 25.5 Å². The predicted molar refractivity (Wildman–Crippen MR) is 64.2 cm³/mol. The van der Waals surface area contributed by atoms with Crippen molar-refractivity contribution in [3.05, 3.63) is 24.3 Å². The van der Waals surface area contributed by atoms with Crippen LogP contribution in [0, 0.1) is 11.3 Å². The molecule has 5 nitrogen and oxygen atoms in total. The van der Waals surface area contributed by atoms with Crippen molar-refractivity contribution in [1.82, 2.24) is 5.32 Å². The molecule has 2 rings (SSSR count). The van der Waals surface area contributed by atoms with Gasteiger partial charge in [0, 0.05) is 0 Å². The van der Waals surface area contributed by atoms with Gasteiger partial charge in [0.2, 0.25) is 6.10 Å². The highest BCUT2D eigenvalue weighted by atomic mass is 16.6. The first-order valence-electron chi connectivity index (χ1n) is 5.63. The van der Waals surface area contributed by atoms with Gasteiger partial charge in [0.25, 0.3) is 5.91 Å². The van der Waals surface area contributed by atoms with Crippen molar-refractivity contribution in [3.8, 4) is 17.6 Å². The Hall–Kier alpha value is -2.22. The zero-order valence-electron chi connectivity index (χ0n) is 10.3. The highest BCUT2D eigenvalue weighted by Crippen LogP contribution is 2.30. The number of amides is 1. The zero-order chi connectivity index (χ0) is 13.2. The molecule has 0 spiro atoms. The molecule has 18 heavy (non-hydrogen) atoms. The van der Waals surface area contributed by atoms with Crippen LogP contribution in [0.2, 0.25) is 0 Å². The second-order valence-electron chi connectivity index (χ2n) is 4.59. The average Bonchev–Trinajstić information content (AvgIpc) is 2.37. The molecule has 1 heterocycles. The fraction of sp³-hybridized carbons (Fsp3) is 0.385. The van der Waals surface area contributed by atoms with Gasteiger partial charge in [0.15, 0.2) is 11.5 Å². The van der Waals surface area contributed by atoms with Crippen LogP contribution in [0.25, 0.3) is 0 Å². The molecule has 94 valence electrons. The minimum atomic E-state index is -0.919. The van der Waals surface area contributed by atoms with E-state index < -0.39 is 11.6 Å². The zero-order valence-corrected chi connectivity index (χ0v) is 10.3. The van der Waals surface area contributed by atoms with Crippen LogP contribution in [-0.4, -0.2) is 24.2 Å². The maximum atomic E-state index is 11.9. The van der Waals surface area contributed by atoms with Crippen LogP contribution in [0.3, 0.4) is 0 Å². The molecule has 0 radical (unpaired) electrons. The van der Waals surface area contributed by atoms with Gasteiger partial charge in [-0.1, -0.05) is 12.1 Å². The van der Waals surface area contributed by atoms with E-state index in [1.54, 1.807) is 26.0 Å². The van der Waals surface area contributed by atoms with Crippen molar-refractivity contribution in [3.63, 3.8) is 0 Å². The number of fused-ring (bicyclic) bond motifs is 1. The predicted octanol–water partition coefficient (Wildman–Crippen LogP) is 1.24. The van der Waals surface area contributed by atoms with Gasteiger partial charge >= 0.3 is 0 Å². The lowest BCUT2D eigenvalue weighted by molar-refractivity contribution is -0.131. The third kappa shape index (κ3) is 2.54. The lowest BCUT2D eigenvalue weighted by atomic mass is 10.1. The van der Waals surface area contributed by atoms with Gasteiger partial charge in [0.05, 0.1) is 6.07 Å². The Balaban J connectivity index is 2.06. The molecule has 0 fully saturated rings. The van der Waals surface area contributed by atoms with Crippen LogP contribution < -0.4 is 14.8 Å². The van der Waals surface area contributed by atoms with E-state index in [2.05, 4.69) is 5.32 Å². The van der Waals surface area contributed by atoms with Crippen LogP contribution >= 0.6 is 0 Å². The van der Waals surface area contributed by atoms with E-state index in [-0.39, 0.29) is 12.5 Å². The summed E-state index contributed by atoms with van der Waals surface area (Å²) in [5.41, 5.74) is -0.919. The molecule has 1 unspecified atom stereocenters. The summed E-state index contributed by atoms with van der Waals surface area (Å²) in [6.45, 7) is 3.40. The first-order valence-corrected chi connectivity index (χ1v) is 5.63. The smallest absolute Gasteiger partial charge is 0.265 e. The molecule has 1 atom stereocenters. The van der Waals surface area contributed by atoms with Gasteiger partial charge in [0.1, 0.15) is 12.1 Å². The maximum absolute atomic E-state index is 11.9. The van der Waals surface area contributed by atoms with Crippen LogP contribution in [0.15, 0.2) is 24.3 Å². The molecule has 1 aliphatic heterocycles. The van der Waals surface area contributed by atoms with Gasteiger partial charge in [-0.2, -0.15) is 5.26 Å². The Labute approximate surface area is 105 Å². The number of carbonyl (C=O) groups is 1. The number of nitrogens with one attached hydrogen (secondary N) is 1. The van der Waals surface area contributed by atoms with Gasteiger partial charge in [-0.15, -0.1) is 0 Å². The number of para-hydroxylation sites is 2. The van der Waals surface area contributed by atoms with Crippen molar-refractivity contribution in [1.29, 1.82) is 5.26 Å². The normalized spacial score (nSPS) is 17.7. The molecular formula is C13H14N2O3. The van der Waals surface area contributed by atoms with Crippen LogP contribution in [0.5, 0.6) is 11.5 Å². The van der Waals surface area contributed by atoms with Gasteiger partial charge in [-0.25, -0.2) is 0 Å². The van der Waals surface area contributed by atoms with Crippen LogP contribution in [-0.2, 0) is 4.79 Å². The number of nitrogens with zero attached hydrogens (tertiary/aromatic N) is 1. The minimum Gasteiger partial charge on any atom is -0.485 e. The van der Waals surface area contributed by atoms with Crippen molar-refractivity contribution in [2.75, 3.05) is 6.61 Å². The van der Waals surface area contributed by atoms with E-state index in [0.717, 1.165) is 0 Å². The molecule has 0 bridgehead atoms. The van der Waals surface area contributed by atoms with E-state index >= 15 is 0 Å². The van der Waals surface area contributed by atoms with Gasteiger partial charge < -0.3 is 14.8 Å². The second-order valence-corrected chi connectivity index (χ2v) is 4.59. The van der Waals surface area contributed by atoms with E-state index in [1.807, 2.05) is 18.2 Å². The standard InChI is InChI=1S/C13H14N2O3/c1-13(2,8-14)15-12(16)11-7-17-9-5-3-4-6-10(9)18-11/h3-6,11H,7H2,1-2H3,(H,15,16). The Bertz CT molecular complexity index is 505. The quantitative estimate of drug-likeness (QED) is 0.852. The SMILES string of the molecule is CC(C)(C#N)NC(=O)C1COc2ccccc2O1. The monoisotopic (exact) mass is 246 g/mol. The summed E-state index contributed by atoms with van der Waals surface area (Å²) in [7, 11) is 0. The third-order valence-electron chi connectivity index (χ3n) is 2.52. The summed E-state index contributed by atoms with van der Waals surface area (Å²) in [6, 6.07) is 9.16. The van der Waals surface area contributed by atoms with E-state index in [9.17, 15) is 4.79 Å². The summed E-state index contributed by atoms with van der Waals surface area (Å²) in [6.07, 6.45) is -0.729. The highest BCUT2D eigenvalue weighted by molar-refractivity contribution is 5.82. The van der Waals surface area contributed by atoms with Crippen LogP contribution in [0.1, 0.15) is 13.8 Å². The van der Waals surface area contributed by atoms with E-state index in [0.29, 0.717) is 11.5 Å². The summed E-state index contributed by atoms with van der Waals surface area (Å²) < 4.78 is 11.0. The molecule has 0 saturated heterocycles. The summed E-state index contributed by atoms with van der Waals surface area (Å²) in [5.74, 6) is 0.816. The summed E-state index contributed by atoms with van der Waals surface area (Å²) in [4.78, 5) is 11.9. The Morgan fingerprint density at radius 3 is 2.78 bits per heavy atom. The number of hydrogen-bond donors (Lipinski definition) is 1. The van der Waals surface area contributed by atoms with E-state index in [1.165, 1.54) is 0 Å². The van der Waals surface area contributed by atoms with Crippen molar-refractivity contribution >= 4 is 5.91 Å². The minimum absolute atomic E-state index is 0.143. The van der Waals surface area contributed by atoms with Gasteiger partial charge in [-0.3, -0.25) is 4.79 Å². The molecule has 0 aliphatic carbocycles. The first-order chi connectivity index (χ1) is 8.52. The third-order valence-corrected chi connectivity index (χ3v) is 2.52. The topological polar surface area (TPSA) is 71.4 Å². The molecule has 1 amide bonds. The molecule has 1 N–H and O–H groups in total. The number of nitriles is 1. The number of rotatable bonds is 2. The number of ether oxygens (including phenoxy) is 2. The molecule has 1 aromatic rings. The lowest BCUT2D eigenvalue weighted by Crippen LogP contribution is -2.51. The molecule has 0 saturated carbocycles. The van der Waals surface area contributed by atoms with E-state index in [4.69, 9.17) is 14.7 Å². The summed E-state index contributed by atoms with van der Waals surface area (Å²) >= 11 is 0.